The zero-order chi connectivity index (χ0) is 14.2. The van der Waals surface area contributed by atoms with E-state index in [-0.39, 0.29) is 11.8 Å². The second kappa shape index (κ2) is 5.28. The molecule has 5 atom stereocenters. The number of carbonyl (C=O) groups is 1. The number of hydrogen-bond donors (Lipinski definition) is 1. The van der Waals surface area contributed by atoms with Crippen molar-refractivity contribution in [3.63, 3.8) is 0 Å². The Bertz CT molecular complexity index is 554. The maximum absolute atomic E-state index is 12.1. The van der Waals surface area contributed by atoms with Gasteiger partial charge < -0.3 is 0 Å². The normalized spacial score (nSPS) is 37.0. The van der Waals surface area contributed by atoms with Crippen LogP contribution in [0.25, 0.3) is 0 Å². The monoisotopic (exact) mass is 282 g/mol. The van der Waals surface area contributed by atoms with E-state index in [9.17, 15) is 4.79 Å². The van der Waals surface area contributed by atoms with Crippen molar-refractivity contribution in [3.8, 4) is 0 Å². The molecule has 3 aliphatic carbocycles. The van der Waals surface area contributed by atoms with E-state index >= 15 is 0 Å². The van der Waals surface area contributed by atoms with Crippen LogP contribution in [-0.2, 0) is 4.79 Å². The molecule has 4 rings (SSSR count). The molecular formula is C18H22N2O. The molecule has 21 heavy (non-hydrogen) atoms. The first-order valence-corrected chi connectivity index (χ1v) is 8.19. The van der Waals surface area contributed by atoms with E-state index in [4.69, 9.17) is 0 Å². The van der Waals surface area contributed by atoms with Gasteiger partial charge in [-0.3, -0.25) is 4.79 Å². The number of fused-ring (bicyclic) bond motifs is 2. The molecular weight excluding hydrogens is 260 g/mol. The molecule has 3 nitrogen and oxygen atoms in total. The van der Waals surface area contributed by atoms with E-state index in [2.05, 4.69) is 22.7 Å². The van der Waals surface area contributed by atoms with Gasteiger partial charge in [0.15, 0.2) is 0 Å². The Kier molecular flexibility index (Phi) is 3.28. The van der Waals surface area contributed by atoms with Gasteiger partial charge in [-0.15, -0.1) is 0 Å². The maximum atomic E-state index is 12.1. The van der Waals surface area contributed by atoms with Crippen molar-refractivity contribution >= 4 is 12.1 Å². The molecule has 0 unspecified atom stereocenters. The van der Waals surface area contributed by atoms with Gasteiger partial charge in [0.25, 0.3) is 0 Å². The number of benzene rings is 1. The van der Waals surface area contributed by atoms with Crippen LogP contribution in [0.4, 0.5) is 0 Å². The van der Waals surface area contributed by atoms with Gasteiger partial charge in [0, 0.05) is 12.1 Å². The van der Waals surface area contributed by atoms with E-state index in [1.807, 2.05) is 24.4 Å². The zero-order valence-electron chi connectivity index (χ0n) is 12.2. The van der Waals surface area contributed by atoms with Crippen molar-refractivity contribution in [3.05, 3.63) is 35.9 Å². The summed E-state index contributed by atoms with van der Waals surface area (Å²) in [6, 6.07) is 10.3. The zero-order valence-corrected chi connectivity index (χ0v) is 12.2. The van der Waals surface area contributed by atoms with Crippen molar-refractivity contribution in [1.82, 2.24) is 5.43 Å². The summed E-state index contributed by atoms with van der Waals surface area (Å²) in [5.41, 5.74) is 4.03. The third kappa shape index (κ3) is 2.61. The van der Waals surface area contributed by atoms with Gasteiger partial charge >= 0.3 is 0 Å². The Balaban J connectivity index is 1.28. The number of nitrogens with one attached hydrogen (secondary N) is 1. The molecule has 1 N–H and O–H groups in total. The summed E-state index contributed by atoms with van der Waals surface area (Å²) in [5, 5.41) is 4.24. The van der Waals surface area contributed by atoms with Crippen LogP contribution in [0.3, 0.4) is 0 Å². The predicted octanol–water partition coefficient (Wildman–Crippen LogP) is 3.33. The Labute approximate surface area is 125 Å². The number of hydrogen-bond acceptors (Lipinski definition) is 2. The molecule has 3 saturated carbocycles. The standard InChI is InChI=1S/C18H22N2O/c21-18(17-10-16(17)13-4-2-1-3-5-13)20-19-11-15-9-12-6-7-14(15)8-12/h1-5,11-12,14-17H,6-10H2,(H,20,21)/b19-11-/t12-,14-,15+,16+,17-/m1/s1. The lowest BCUT2D eigenvalue weighted by molar-refractivity contribution is -0.122. The summed E-state index contributed by atoms with van der Waals surface area (Å²) in [5.74, 6) is 2.95. The molecule has 3 heteroatoms. The first kappa shape index (κ1) is 13.1. The largest absolute Gasteiger partial charge is 0.273 e. The lowest BCUT2D eigenvalue weighted by Crippen LogP contribution is -2.22. The number of hydrazone groups is 1. The Morgan fingerprint density at radius 2 is 2.00 bits per heavy atom. The minimum absolute atomic E-state index is 0.0864. The number of nitrogens with zero attached hydrogens (tertiary/aromatic N) is 1. The molecule has 1 aromatic carbocycles. The van der Waals surface area contributed by atoms with Gasteiger partial charge in [-0.25, -0.2) is 5.43 Å². The van der Waals surface area contributed by atoms with Gasteiger partial charge in [-0.05, 0) is 54.9 Å². The summed E-state index contributed by atoms with van der Waals surface area (Å²) in [7, 11) is 0. The summed E-state index contributed by atoms with van der Waals surface area (Å²) < 4.78 is 0. The molecule has 1 aromatic rings. The molecule has 3 fully saturated rings. The third-order valence-corrected chi connectivity index (χ3v) is 5.59. The molecule has 110 valence electrons. The third-order valence-electron chi connectivity index (χ3n) is 5.59. The van der Waals surface area contributed by atoms with Gasteiger partial charge in [0.1, 0.15) is 0 Å². The van der Waals surface area contributed by atoms with Crippen LogP contribution in [0, 0.1) is 23.7 Å². The number of carbonyl (C=O) groups excluding carboxylic acids is 1. The fourth-order valence-electron chi connectivity index (χ4n) is 4.31. The average Bonchev–Trinajstić information content (AvgIpc) is 3.06. The summed E-state index contributed by atoms with van der Waals surface area (Å²) in [4.78, 5) is 12.1. The molecule has 1 amide bonds. The number of amides is 1. The topological polar surface area (TPSA) is 41.5 Å². The van der Waals surface area contributed by atoms with Crippen LogP contribution in [-0.4, -0.2) is 12.1 Å². The van der Waals surface area contributed by atoms with E-state index < -0.39 is 0 Å². The van der Waals surface area contributed by atoms with Gasteiger partial charge in [-0.2, -0.15) is 5.10 Å². The highest BCUT2D eigenvalue weighted by Crippen LogP contribution is 2.48. The van der Waals surface area contributed by atoms with Crippen molar-refractivity contribution in [2.75, 3.05) is 0 Å². The maximum Gasteiger partial charge on any atom is 0.243 e. The minimum atomic E-state index is 0.0864. The molecule has 0 saturated heterocycles. The van der Waals surface area contributed by atoms with Crippen LogP contribution in [0.5, 0.6) is 0 Å². The van der Waals surface area contributed by atoms with E-state index in [1.165, 1.54) is 31.2 Å². The van der Waals surface area contributed by atoms with Crippen molar-refractivity contribution in [2.24, 2.45) is 28.8 Å². The summed E-state index contributed by atoms with van der Waals surface area (Å²) in [6.45, 7) is 0. The molecule has 0 spiro atoms. The molecule has 2 bridgehead atoms. The lowest BCUT2D eigenvalue weighted by Gasteiger charge is -2.16. The first-order valence-electron chi connectivity index (χ1n) is 8.19. The van der Waals surface area contributed by atoms with Gasteiger partial charge in [-0.1, -0.05) is 36.8 Å². The minimum Gasteiger partial charge on any atom is -0.273 e. The second-order valence-electron chi connectivity index (χ2n) is 6.95. The van der Waals surface area contributed by atoms with Crippen LogP contribution in [0.15, 0.2) is 35.4 Å². The highest BCUT2D eigenvalue weighted by molar-refractivity contribution is 5.83. The van der Waals surface area contributed by atoms with E-state index in [0.717, 1.165) is 18.3 Å². The summed E-state index contributed by atoms with van der Waals surface area (Å²) >= 11 is 0. The van der Waals surface area contributed by atoms with Crippen LogP contribution in [0.1, 0.15) is 43.6 Å². The molecule has 3 aliphatic rings. The van der Waals surface area contributed by atoms with Crippen molar-refractivity contribution < 1.29 is 4.79 Å². The molecule has 0 heterocycles. The SMILES string of the molecule is O=C(N/N=C\[C@@H]1C[C@@H]2CC[C@@H]1C2)[C@@H]1C[C@H]1c1ccccc1. The van der Waals surface area contributed by atoms with Gasteiger partial charge in [0.05, 0.1) is 0 Å². The van der Waals surface area contributed by atoms with E-state index in [0.29, 0.717) is 11.8 Å². The van der Waals surface area contributed by atoms with Crippen molar-refractivity contribution in [1.29, 1.82) is 0 Å². The highest BCUT2D eigenvalue weighted by atomic mass is 16.2. The molecule has 0 aliphatic heterocycles. The highest BCUT2D eigenvalue weighted by Gasteiger charge is 2.44. The molecule has 0 aromatic heterocycles. The smallest absolute Gasteiger partial charge is 0.243 e. The van der Waals surface area contributed by atoms with Crippen LogP contribution < -0.4 is 5.43 Å². The predicted molar refractivity (Wildman–Crippen MR) is 82.9 cm³/mol. The first-order chi connectivity index (χ1) is 10.3. The van der Waals surface area contributed by atoms with Crippen molar-refractivity contribution in [2.45, 2.75) is 38.0 Å². The average molecular weight is 282 g/mol. The quantitative estimate of drug-likeness (QED) is 0.668. The fourth-order valence-corrected chi connectivity index (χ4v) is 4.31. The van der Waals surface area contributed by atoms with Gasteiger partial charge in [0.2, 0.25) is 5.91 Å². The second-order valence-corrected chi connectivity index (χ2v) is 6.95. The van der Waals surface area contributed by atoms with Crippen LogP contribution >= 0.6 is 0 Å². The molecule has 0 radical (unpaired) electrons. The Morgan fingerprint density at radius 1 is 1.14 bits per heavy atom. The van der Waals surface area contributed by atoms with E-state index in [1.54, 1.807) is 0 Å². The van der Waals surface area contributed by atoms with Crippen LogP contribution in [0.2, 0.25) is 0 Å². The lowest BCUT2D eigenvalue weighted by atomic mass is 9.90. The Hall–Kier alpha value is -1.64. The number of rotatable bonds is 4. The summed E-state index contributed by atoms with van der Waals surface area (Å²) in [6.07, 6.45) is 8.38. The fraction of sp³-hybridized carbons (Fsp3) is 0.556. The Morgan fingerprint density at radius 3 is 2.71 bits per heavy atom.